The summed E-state index contributed by atoms with van der Waals surface area (Å²) in [7, 11) is 1.75. The van der Waals surface area contributed by atoms with Crippen molar-refractivity contribution in [1.82, 2.24) is 14.8 Å². The molecule has 1 aromatic heterocycles. The normalized spacial score (nSPS) is 19.5. The summed E-state index contributed by atoms with van der Waals surface area (Å²) >= 11 is 0. The van der Waals surface area contributed by atoms with E-state index < -0.39 is 12.1 Å². The van der Waals surface area contributed by atoms with E-state index in [1.54, 1.807) is 24.3 Å². The van der Waals surface area contributed by atoms with Crippen LogP contribution in [0.2, 0.25) is 0 Å². The monoisotopic (exact) mass is 381 g/mol. The molecule has 6 nitrogen and oxygen atoms in total. The topological polar surface area (TPSA) is 62.7 Å². The number of amides is 2. The first-order valence-corrected chi connectivity index (χ1v) is 9.63. The molecule has 0 unspecified atom stereocenters. The fraction of sp³-hybridized carbons (Fsp3) is 0.409. The molecule has 0 N–H and O–H groups in total. The van der Waals surface area contributed by atoms with Gasteiger partial charge >= 0.3 is 0 Å². The van der Waals surface area contributed by atoms with Crippen molar-refractivity contribution in [3.8, 4) is 0 Å². The summed E-state index contributed by atoms with van der Waals surface area (Å²) in [4.78, 5) is 33.3. The first-order chi connectivity index (χ1) is 13.5. The molecule has 2 aromatic rings. The van der Waals surface area contributed by atoms with E-state index in [0.717, 1.165) is 23.1 Å². The lowest BCUT2D eigenvalue weighted by Crippen LogP contribution is -2.54. The lowest BCUT2D eigenvalue weighted by atomic mass is 9.93. The third kappa shape index (κ3) is 4.22. The molecule has 2 heterocycles. The van der Waals surface area contributed by atoms with Crippen LogP contribution in [0.1, 0.15) is 36.1 Å². The molecule has 148 valence electrons. The van der Waals surface area contributed by atoms with E-state index in [-0.39, 0.29) is 18.4 Å². The van der Waals surface area contributed by atoms with Crippen LogP contribution in [0.3, 0.4) is 0 Å². The van der Waals surface area contributed by atoms with E-state index in [2.05, 4.69) is 4.98 Å². The van der Waals surface area contributed by atoms with Gasteiger partial charge in [0.1, 0.15) is 6.61 Å². The molecule has 1 aliphatic heterocycles. The van der Waals surface area contributed by atoms with Crippen molar-refractivity contribution in [1.29, 1.82) is 0 Å². The van der Waals surface area contributed by atoms with Gasteiger partial charge in [-0.3, -0.25) is 14.6 Å². The number of carbonyl (C=O) groups excluding carboxylic acids is 2. The molecule has 1 saturated heterocycles. The minimum Gasteiger partial charge on any atom is -0.356 e. The Labute approximate surface area is 166 Å². The van der Waals surface area contributed by atoms with Gasteiger partial charge in [0.15, 0.2) is 6.10 Å². The van der Waals surface area contributed by atoms with Gasteiger partial charge < -0.3 is 14.5 Å². The van der Waals surface area contributed by atoms with Crippen LogP contribution >= 0.6 is 0 Å². The lowest BCUT2D eigenvalue weighted by Gasteiger charge is -2.40. The van der Waals surface area contributed by atoms with Crippen LogP contribution in [-0.2, 0) is 20.9 Å². The van der Waals surface area contributed by atoms with Crippen molar-refractivity contribution in [2.75, 3.05) is 20.2 Å². The minimum atomic E-state index is -0.725. The van der Waals surface area contributed by atoms with Crippen molar-refractivity contribution in [3.63, 3.8) is 0 Å². The highest BCUT2D eigenvalue weighted by molar-refractivity contribution is 5.86. The highest BCUT2D eigenvalue weighted by atomic mass is 16.5. The molecule has 6 heteroatoms. The van der Waals surface area contributed by atoms with Crippen molar-refractivity contribution in [2.24, 2.45) is 0 Å². The quantitative estimate of drug-likeness (QED) is 0.772. The van der Waals surface area contributed by atoms with Gasteiger partial charge in [0, 0.05) is 32.5 Å². The zero-order chi connectivity index (χ0) is 20.1. The Morgan fingerprint density at radius 1 is 1.25 bits per heavy atom. The number of aryl methyl sites for hydroxylation is 1. The van der Waals surface area contributed by atoms with Crippen molar-refractivity contribution >= 4 is 11.8 Å². The van der Waals surface area contributed by atoms with Gasteiger partial charge in [0.2, 0.25) is 5.91 Å². The number of hydrogen-bond acceptors (Lipinski definition) is 4. The molecule has 2 atom stereocenters. The number of nitrogens with zero attached hydrogens (tertiary/aromatic N) is 3. The van der Waals surface area contributed by atoms with E-state index in [4.69, 9.17) is 4.74 Å². The number of carbonyl (C=O) groups is 2. The first-order valence-electron chi connectivity index (χ1n) is 9.63. The lowest BCUT2D eigenvalue weighted by molar-refractivity contribution is -0.167. The smallest absolute Gasteiger partial charge is 0.254 e. The fourth-order valence-electron chi connectivity index (χ4n) is 3.63. The van der Waals surface area contributed by atoms with Gasteiger partial charge in [-0.2, -0.15) is 0 Å². The Hall–Kier alpha value is -2.73. The summed E-state index contributed by atoms with van der Waals surface area (Å²) in [5.74, 6) is -0.209. The number of ether oxygens (including phenoxy) is 1. The van der Waals surface area contributed by atoms with Crippen LogP contribution in [-0.4, -0.2) is 52.9 Å². The average molecular weight is 381 g/mol. The molecule has 0 aliphatic carbocycles. The molecule has 0 bridgehead atoms. The SMILES string of the molecule is CCCN(Cc1ccncc1)C(=O)[C@H]1OCC(=O)N(C)[C@@H]1c1ccccc1C. The maximum Gasteiger partial charge on any atom is 0.254 e. The van der Waals surface area contributed by atoms with Crippen LogP contribution in [0.4, 0.5) is 0 Å². The third-order valence-corrected chi connectivity index (χ3v) is 5.16. The number of hydrogen-bond donors (Lipinski definition) is 0. The third-order valence-electron chi connectivity index (χ3n) is 5.16. The van der Waals surface area contributed by atoms with Gasteiger partial charge in [-0.05, 0) is 42.2 Å². The van der Waals surface area contributed by atoms with Crippen molar-refractivity contribution in [2.45, 2.75) is 39.0 Å². The van der Waals surface area contributed by atoms with E-state index in [1.165, 1.54) is 0 Å². The van der Waals surface area contributed by atoms with Crippen LogP contribution in [0.25, 0.3) is 0 Å². The molecule has 1 aliphatic rings. The second-order valence-electron chi connectivity index (χ2n) is 7.15. The maximum atomic E-state index is 13.5. The second kappa shape index (κ2) is 8.97. The molecule has 1 aromatic carbocycles. The molecular formula is C22H27N3O3. The summed E-state index contributed by atoms with van der Waals surface area (Å²) in [6.07, 6.45) is 3.57. The van der Waals surface area contributed by atoms with E-state index in [9.17, 15) is 9.59 Å². The predicted molar refractivity (Wildman–Crippen MR) is 106 cm³/mol. The molecular weight excluding hydrogens is 354 g/mol. The maximum absolute atomic E-state index is 13.5. The predicted octanol–water partition coefficient (Wildman–Crippen LogP) is 2.73. The number of pyridine rings is 1. The van der Waals surface area contributed by atoms with Crippen LogP contribution in [0.5, 0.6) is 0 Å². The van der Waals surface area contributed by atoms with Gasteiger partial charge in [-0.1, -0.05) is 31.2 Å². The Balaban J connectivity index is 1.91. The Morgan fingerprint density at radius 3 is 2.64 bits per heavy atom. The van der Waals surface area contributed by atoms with Crippen LogP contribution in [0.15, 0.2) is 48.8 Å². The van der Waals surface area contributed by atoms with E-state index >= 15 is 0 Å². The second-order valence-corrected chi connectivity index (χ2v) is 7.15. The standard InChI is InChI=1S/C22H27N3O3/c1-4-13-25(14-17-9-11-23-12-10-17)22(27)21-20(24(3)19(26)15-28-21)18-8-6-5-7-16(18)2/h5-12,20-21H,4,13-15H2,1-3H3/t20-,21+/m1/s1. The minimum absolute atomic E-state index is 0.0789. The Morgan fingerprint density at radius 2 is 1.96 bits per heavy atom. The summed E-state index contributed by atoms with van der Waals surface area (Å²) in [5.41, 5.74) is 2.99. The fourth-order valence-corrected chi connectivity index (χ4v) is 3.63. The Kier molecular flexibility index (Phi) is 6.41. The molecule has 0 spiro atoms. The van der Waals surface area contributed by atoms with Crippen LogP contribution in [0, 0.1) is 6.92 Å². The summed E-state index contributed by atoms with van der Waals surface area (Å²) in [5, 5.41) is 0. The first kappa shape index (κ1) is 20.0. The number of benzene rings is 1. The molecule has 3 rings (SSSR count). The zero-order valence-electron chi connectivity index (χ0n) is 16.7. The van der Waals surface area contributed by atoms with E-state index in [0.29, 0.717) is 13.1 Å². The van der Waals surface area contributed by atoms with Crippen LogP contribution < -0.4 is 0 Å². The average Bonchev–Trinajstić information content (AvgIpc) is 2.71. The van der Waals surface area contributed by atoms with Gasteiger partial charge in [-0.25, -0.2) is 0 Å². The molecule has 0 saturated carbocycles. The number of morpholine rings is 1. The molecule has 1 fully saturated rings. The zero-order valence-corrected chi connectivity index (χ0v) is 16.7. The molecule has 0 radical (unpaired) electrons. The highest BCUT2D eigenvalue weighted by Gasteiger charge is 2.42. The number of aromatic nitrogens is 1. The van der Waals surface area contributed by atoms with Crippen molar-refractivity contribution in [3.05, 3.63) is 65.5 Å². The van der Waals surface area contributed by atoms with Gasteiger partial charge in [-0.15, -0.1) is 0 Å². The highest BCUT2D eigenvalue weighted by Crippen LogP contribution is 2.32. The van der Waals surface area contributed by atoms with Gasteiger partial charge in [0.05, 0.1) is 6.04 Å². The largest absolute Gasteiger partial charge is 0.356 e. The summed E-state index contributed by atoms with van der Waals surface area (Å²) in [6.45, 7) is 5.07. The number of likely N-dealkylation sites (N-methyl/N-ethyl adjacent to an activating group) is 1. The summed E-state index contributed by atoms with van der Waals surface area (Å²) < 4.78 is 5.81. The van der Waals surface area contributed by atoms with E-state index in [1.807, 2.05) is 55.1 Å². The number of rotatable bonds is 6. The van der Waals surface area contributed by atoms with Crippen molar-refractivity contribution < 1.29 is 14.3 Å². The summed E-state index contributed by atoms with van der Waals surface area (Å²) in [6, 6.07) is 11.2. The molecule has 28 heavy (non-hydrogen) atoms. The Bertz CT molecular complexity index is 825. The van der Waals surface area contributed by atoms with Gasteiger partial charge in [0.25, 0.3) is 5.91 Å². The molecule has 2 amide bonds.